The Bertz CT molecular complexity index is 714. The Labute approximate surface area is 122 Å². The van der Waals surface area contributed by atoms with Gasteiger partial charge in [-0.15, -0.1) is 0 Å². The fourth-order valence-electron chi connectivity index (χ4n) is 2.35. The van der Waals surface area contributed by atoms with Crippen LogP contribution in [0.2, 0.25) is 0 Å². The Morgan fingerprint density at radius 2 is 2.05 bits per heavy atom. The van der Waals surface area contributed by atoms with Crippen molar-refractivity contribution >= 4 is 23.1 Å². The first-order chi connectivity index (χ1) is 10.0. The summed E-state index contributed by atoms with van der Waals surface area (Å²) < 4.78 is 1.93. The first kappa shape index (κ1) is 13.4. The smallest absolute Gasteiger partial charge is 0.272 e. The number of aromatic nitrogens is 1. The van der Waals surface area contributed by atoms with Crippen LogP contribution >= 0.6 is 0 Å². The molecule has 0 bridgehead atoms. The summed E-state index contributed by atoms with van der Waals surface area (Å²) in [6.45, 7) is 1.50. The Morgan fingerprint density at radius 1 is 1.29 bits per heavy atom. The van der Waals surface area contributed by atoms with Crippen molar-refractivity contribution in [1.82, 2.24) is 4.57 Å². The third-order valence-electron chi connectivity index (χ3n) is 3.57. The van der Waals surface area contributed by atoms with E-state index < -0.39 is 0 Å². The standard InChI is InChI=1S/C16H17N3O2/c1-10(20)11-3-2-4-13(7-11)18-16(21)15-8-12(17)9-19(15)14-5-6-14/h2-4,7-9,14H,5-6,17H2,1H3,(H,18,21). The molecule has 108 valence electrons. The monoisotopic (exact) mass is 283 g/mol. The van der Waals surface area contributed by atoms with E-state index in [0.717, 1.165) is 12.8 Å². The number of anilines is 2. The van der Waals surface area contributed by atoms with Gasteiger partial charge in [-0.25, -0.2) is 0 Å². The molecule has 0 radical (unpaired) electrons. The van der Waals surface area contributed by atoms with Gasteiger partial charge in [0.2, 0.25) is 0 Å². The topological polar surface area (TPSA) is 77.1 Å². The van der Waals surface area contributed by atoms with E-state index >= 15 is 0 Å². The van der Waals surface area contributed by atoms with Gasteiger partial charge < -0.3 is 15.6 Å². The van der Waals surface area contributed by atoms with Crippen LogP contribution in [0.25, 0.3) is 0 Å². The van der Waals surface area contributed by atoms with Crippen LogP contribution in [0.4, 0.5) is 11.4 Å². The van der Waals surface area contributed by atoms with Gasteiger partial charge in [-0.3, -0.25) is 9.59 Å². The summed E-state index contributed by atoms with van der Waals surface area (Å²) in [5.74, 6) is -0.240. The highest BCUT2D eigenvalue weighted by Gasteiger charge is 2.27. The van der Waals surface area contributed by atoms with Gasteiger partial charge in [0.25, 0.3) is 5.91 Å². The summed E-state index contributed by atoms with van der Waals surface area (Å²) in [6.07, 6.45) is 3.96. The minimum absolute atomic E-state index is 0.0308. The number of carbonyl (C=O) groups is 2. The van der Waals surface area contributed by atoms with Crippen molar-refractivity contribution in [3.63, 3.8) is 0 Å². The molecule has 3 N–H and O–H groups in total. The van der Waals surface area contributed by atoms with E-state index in [4.69, 9.17) is 5.73 Å². The molecule has 1 aliphatic rings. The van der Waals surface area contributed by atoms with Gasteiger partial charge in [0.15, 0.2) is 5.78 Å². The minimum atomic E-state index is -0.209. The summed E-state index contributed by atoms with van der Waals surface area (Å²) in [4.78, 5) is 23.8. The second-order valence-electron chi connectivity index (χ2n) is 5.39. The Balaban J connectivity index is 1.83. The zero-order valence-electron chi connectivity index (χ0n) is 11.8. The number of nitrogens with zero attached hydrogens (tertiary/aromatic N) is 1. The maximum absolute atomic E-state index is 12.4. The molecular formula is C16H17N3O2. The summed E-state index contributed by atoms with van der Waals surface area (Å²) in [6, 6.07) is 8.98. The molecule has 0 aliphatic heterocycles. The fourth-order valence-corrected chi connectivity index (χ4v) is 2.35. The molecule has 21 heavy (non-hydrogen) atoms. The second kappa shape index (κ2) is 5.09. The van der Waals surface area contributed by atoms with Crippen LogP contribution < -0.4 is 11.1 Å². The van der Waals surface area contributed by atoms with Gasteiger partial charge in [-0.1, -0.05) is 12.1 Å². The van der Waals surface area contributed by atoms with Gasteiger partial charge in [-0.05, 0) is 38.0 Å². The number of hydrogen-bond acceptors (Lipinski definition) is 3. The van der Waals surface area contributed by atoms with E-state index in [2.05, 4.69) is 5.32 Å². The molecule has 0 spiro atoms. The van der Waals surface area contributed by atoms with Crippen molar-refractivity contribution in [1.29, 1.82) is 0 Å². The van der Waals surface area contributed by atoms with E-state index in [-0.39, 0.29) is 11.7 Å². The van der Waals surface area contributed by atoms with Crippen molar-refractivity contribution in [3.8, 4) is 0 Å². The molecule has 2 aromatic rings. The predicted octanol–water partition coefficient (Wildman–Crippen LogP) is 2.86. The summed E-state index contributed by atoms with van der Waals surface area (Å²) in [5, 5.41) is 2.82. The largest absolute Gasteiger partial charge is 0.397 e. The number of carbonyl (C=O) groups excluding carboxylic acids is 2. The van der Waals surface area contributed by atoms with Crippen molar-refractivity contribution in [2.75, 3.05) is 11.1 Å². The van der Waals surface area contributed by atoms with Crippen molar-refractivity contribution in [2.24, 2.45) is 0 Å². The average Bonchev–Trinajstić information content (AvgIpc) is 3.21. The maximum atomic E-state index is 12.4. The first-order valence-corrected chi connectivity index (χ1v) is 6.94. The van der Waals surface area contributed by atoms with Crippen molar-refractivity contribution in [2.45, 2.75) is 25.8 Å². The van der Waals surface area contributed by atoms with E-state index in [1.54, 1.807) is 36.5 Å². The van der Waals surface area contributed by atoms with E-state index in [0.29, 0.717) is 28.7 Å². The Hall–Kier alpha value is -2.56. The number of ketones is 1. The number of nitrogen functional groups attached to an aromatic ring is 1. The van der Waals surface area contributed by atoms with Gasteiger partial charge >= 0.3 is 0 Å². The van der Waals surface area contributed by atoms with Crippen LogP contribution in [0.15, 0.2) is 36.5 Å². The zero-order valence-corrected chi connectivity index (χ0v) is 11.8. The molecule has 1 aromatic heterocycles. The van der Waals surface area contributed by atoms with E-state index in [9.17, 15) is 9.59 Å². The predicted molar refractivity (Wildman–Crippen MR) is 81.5 cm³/mol. The number of Topliss-reactive ketones (excluding diaryl/α,β-unsaturated/α-hetero) is 1. The lowest BCUT2D eigenvalue weighted by Crippen LogP contribution is -2.16. The normalized spacial score (nSPS) is 14.0. The lowest BCUT2D eigenvalue weighted by molar-refractivity contribution is 0.100. The van der Waals surface area contributed by atoms with Gasteiger partial charge in [0.05, 0.1) is 5.69 Å². The fraction of sp³-hybridized carbons (Fsp3) is 0.250. The van der Waals surface area contributed by atoms with Crippen LogP contribution in [0.1, 0.15) is 46.7 Å². The van der Waals surface area contributed by atoms with Gasteiger partial charge in [0, 0.05) is 23.5 Å². The molecule has 1 heterocycles. The van der Waals surface area contributed by atoms with E-state index in [1.165, 1.54) is 6.92 Å². The molecule has 1 aliphatic carbocycles. The zero-order chi connectivity index (χ0) is 15.0. The molecule has 1 aromatic carbocycles. The highest BCUT2D eigenvalue weighted by atomic mass is 16.2. The van der Waals surface area contributed by atoms with Crippen LogP contribution in [0.3, 0.4) is 0 Å². The van der Waals surface area contributed by atoms with Gasteiger partial charge in [0.1, 0.15) is 5.69 Å². The molecule has 1 saturated carbocycles. The Kier molecular flexibility index (Phi) is 3.25. The van der Waals surface area contributed by atoms with Crippen molar-refractivity contribution < 1.29 is 9.59 Å². The minimum Gasteiger partial charge on any atom is -0.397 e. The molecule has 5 nitrogen and oxygen atoms in total. The molecule has 3 rings (SSSR count). The third-order valence-corrected chi connectivity index (χ3v) is 3.57. The summed E-state index contributed by atoms with van der Waals surface area (Å²) >= 11 is 0. The molecule has 1 amide bonds. The number of nitrogens with one attached hydrogen (secondary N) is 1. The number of amides is 1. The van der Waals surface area contributed by atoms with Crippen molar-refractivity contribution in [3.05, 3.63) is 47.8 Å². The summed E-state index contributed by atoms with van der Waals surface area (Å²) in [7, 11) is 0. The van der Waals surface area contributed by atoms with Crippen LogP contribution in [0, 0.1) is 0 Å². The quantitative estimate of drug-likeness (QED) is 0.847. The van der Waals surface area contributed by atoms with E-state index in [1.807, 2.05) is 4.57 Å². The molecular weight excluding hydrogens is 266 g/mol. The Morgan fingerprint density at radius 3 is 2.71 bits per heavy atom. The number of hydrogen-bond donors (Lipinski definition) is 2. The number of rotatable bonds is 4. The molecule has 5 heteroatoms. The second-order valence-corrected chi connectivity index (χ2v) is 5.39. The lowest BCUT2D eigenvalue weighted by Gasteiger charge is -2.09. The highest BCUT2D eigenvalue weighted by Crippen LogP contribution is 2.37. The number of nitrogens with two attached hydrogens (primary N) is 1. The number of benzene rings is 1. The van der Waals surface area contributed by atoms with Crippen LogP contribution in [0.5, 0.6) is 0 Å². The first-order valence-electron chi connectivity index (χ1n) is 6.94. The molecule has 0 unspecified atom stereocenters. The maximum Gasteiger partial charge on any atom is 0.272 e. The third kappa shape index (κ3) is 2.81. The molecule has 0 saturated heterocycles. The van der Waals surface area contributed by atoms with Crippen LogP contribution in [-0.4, -0.2) is 16.3 Å². The van der Waals surface area contributed by atoms with Gasteiger partial charge in [-0.2, -0.15) is 0 Å². The SMILES string of the molecule is CC(=O)c1cccc(NC(=O)c2cc(N)cn2C2CC2)c1. The summed E-state index contributed by atoms with van der Waals surface area (Å²) in [5.41, 5.74) is 8.12. The molecule has 0 atom stereocenters. The lowest BCUT2D eigenvalue weighted by atomic mass is 10.1. The molecule has 1 fully saturated rings. The van der Waals surface area contributed by atoms with Crippen LogP contribution in [-0.2, 0) is 0 Å². The average molecular weight is 283 g/mol. The highest BCUT2D eigenvalue weighted by molar-refractivity contribution is 6.04.